The third-order valence-electron chi connectivity index (χ3n) is 4.55. The summed E-state index contributed by atoms with van der Waals surface area (Å²) < 4.78 is 7.55. The Morgan fingerprint density at radius 1 is 1.32 bits per heavy atom. The number of hydrogen-bond acceptors (Lipinski definition) is 6. The van der Waals surface area contributed by atoms with Gasteiger partial charge in [0, 0.05) is 11.5 Å². The van der Waals surface area contributed by atoms with Gasteiger partial charge in [-0.05, 0) is 45.1 Å². The van der Waals surface area contributed by atoms with Gasteiger partial charge in [-0.2, -0.15) is 9.61 Å². The Morgan fingerprint density at radius 3 is 2.96 bits per heavy atom. The average molecular weight is 355 g/mol. The van der Waals surface area contributed by atoms with Crippen molar-refractivity contribution in [1.82, 2.24) is 24.7 Å². The minimum atomic E-state index is 0.434. The molecule has 1 aliphatic heterocycles. The molecule has 130 valence electrons. The number of piperidine rings is 1. The van der Waals surface area contributed by atoms with E-state index in [1.807, 2.05) is 28.8 Å². The maximum atomic E-state index is 5.62. The summed E-state index contributed by atoms with van der Waals surface area (Å²) in [5.74, 6) is 2.24. The molecule has 7 heteroatoms. The normalized spacial score (nSPS) is 16.4. The fraction of sp³-hybridized carbons (Fsp3) is 0.389. The van der Waals surface area contributed by atoms with E-state index in [9.17, 15) is 0 Å². The number of benzene rings is 1. The van der Waals surface area contributed by atoms with Crippen molar-refractivity contribution in [3.05, 3.63) is 42.7 Å². The van der Waals surface area contributed by atoms with Crippen LogP contribution in [0.4, 0.5) is 0 Å². The Morgan fingerprint density at radius 2 is 2.16 bits per heavy atom. The number of aromatic nitrogens is 4. The van der Waals surface area contributed by atoms with Crippen LogP contribution in [-0.4, -0.2) is 51.5 Å². The summed E-state index contributed by atoms with van der Waals surface area (Å²) >= 11 is 1.56. The molecule has 3 aromatic rings. The lowest BCUT2D eigenvalue weighted by Gasteiger charge is -2.27. The number of nitrogens with zero attached hydrogens (tertiary/aromatic N) is 5. The maximum Gasteiger partial charge on any atom is 0.234 e. The first kappa shape index (κ1) is 16.2. The Hall–Kier alpha value is -2.25. The monoisotopic (exact) mass is 355 g/mol. The molecule has 6 nitrogen and oxygen atoms in total. The van der Waals surface area contributed by atoms with Crippen molar-refractivity contribution in [3.63, 3.8) is 0 Å². The van der Waals surface area contributed by atoms with Gasteiger partial charge in [-0.3, -0.25) is 0 Å². The second-order valence-electron chi connectivity index (χ2n) is 6.36. The molecule has 1 fully saturated rings. The van der Waals surface area contributed by atoms with E-state index in [1.165, 1.54) is 0 Å². The highest BCUT2D eigenvalue weighted by atomic mass is 32.1. The number of hydrogen-bond donors (Lipinski definition) is 0. The zero-order chi connectivity index (χ0) is 17.2. The highest BCUT2D eigenvalue weighted by molar-refractivity contribution is 7.19. The van der Waals surface area contributed by atoms with E-state index in [0.29, 0.717) is 12.5 Å². The van der Waals surface area contributed by atoms with Crippen LogP contribution < -0.4 is 4.74 Å². The molecule has 0 aliphatic carbocycles. The van der Waals surface area contributed by atoms with Gasteiger partial charge in [-0.1, -0.05) is 36.1 Å². The molecule has 0 saturated carbocycles. The summed E-state index contributed by atoms with van der Waals surface area (Å²) in [6, 6.07) is 7.97. The lowest BCUT2D eigenvalue weighted by Crippen LogP contribution is -2.30. The van der Waals surface area contributed by atoms with Gasteiger partial charge in [-0.25, -0.2) is 0 Å². The number of rotatable bonds is 5. The topological polar surface area (TPSA) is 55.6 Å². The Labute approximate surface area is 150 Å². The first-order chi connectivity index (χ1) is 12.2. The van der Waals surface area contributed by atoms with E-state index in [1.54, 1.807) is 17.4 Å². The van der Waals surface area contributed by atoms with Crippen molar-refractivity contribution in [1.29, 1.82) is 0 Å². The molecule has 0 spiro atoms. The molecule has 0 radical (unpaired) electrons. The van der Waals surface area contributed by atoms with E-state index in [2.05, 4.69) is 28.7 Å². The molecule has 0 bridgehead atoms. The Bertz CT molecular complexity index is 879. The van der Waals surface area contributed by atoms with Gasteiger partial charge >= 0.3 is 0 Å². The van der Waals surface area contributed by atoms with Gasteiger partial charge in [0.1, 0.15) is 17.4 Å². The third-order valence-corrected chi connectivity index (χ3v) is 5.50. The minimum Gasteiger partial charge on any atom is -0.490 e. The van der Waals surface area contributed by atoms with E-state index in [0.717, 1.165) is 53.0 Å². The smallest absolute Gasteiger partial charge is 0.234 e. The number of fused-ring (bicyclic) bond motifs is 1. The molecule has 0 amide bonds. The summed E-state index contributed by atoms with van der Waals surface area (Å²) in [5.41, 5.74) is 1.03. The summed E-state index contributed by atoms with van der Waals surface area (Å²) in [5, 5.41) is 14.5. The number of likely N-dealkylation sites (tertiary alicyclic amines) is 1. The summed E-state index contributed by atoms with van der Waals surface area (Å²) in [4.78, 5) is 3.21. The molecule has 4 rings (SSSR count). The third kappa shape index (κ3) is 3.29. The van der Waals surface area contributed by atoms with Crippen molar-refractivity contribution in [2.24, 2.45) is 0 Å². The van der Waals surface area contributed by atoms with Crippen LogP contribution in [0, 0.1) is 0 Å². The van der Waals surface area contributed by atoms with Crippen LogP contribution >= 0.6 is 11.3 Å². The van der Waals surface area contributed by atoms with Crippen molar-refractivity contribution in [3.8, 4) is 16.3 Å². The molecule has 1 aliphatic rings. The van der Waals surface area contributed by atoms with E-state index >= 15 is 0 Å². The van der Waals surface area contributed by atoms with Crippen LogP contribution in [0.15, 0.2) is 36.9 Å². The van der Waals surface area contributed by atoms with Crippen LogP contribution in [0.1, 0.15) is 24.6 Å². The quantitative estimate of drug-likeness (QED) is 0.658. The summed E-state index contributed by atoms with van der Waals surface area (Å²) in [7, 11) is 2.16. The first-order valence-electron chi connectivity index (χ1n) is 8.49. The van der Waals surface area contributed by atoms with Crippen LogP contribution in [0.3, 0.4) is 0 Å². The molecule has 0 N–H and O–H groups in total. The second-order valence-corrected chi connectivity index (χ2v) is 7.32. The fourth-order valence-corrected chi connectivity index (χ4v) is 3.99. The second kappa shape index (κ2) is 6.93. The zero-order valence-electron chi connectivity index (χ0n) is 14.3. The summed E-state index contributed by atoms with van der Waals surface area (Å²) in [6.45, 7) is 6.37. The Balaban J connectivity index is 1.63. The lowest BCUT2D eigenvalue weighted by molar-refractivity contribution is 0.250. The predicted molar refractivity (Wildman–Crippen MR) is 99.3 cm³/mol. The molecule has 0 atom stereocenters. The SMILES string of the molecule is C=CCOc1cccc(-c2nn3c(C4CCN(C)CC4)nnc3s2)c1. The molecule has 1 saturated heterocycles. The van der Waals surface area contributed by atoms with Gasteiger partial charge in [0.05, 0.1) is 0 Å². The largest absolute Gasteiger partial charge is 0.490 e. The van der Waals surface area contributed by atoms with Gasteiger partial charge < -0.3 is 9.64 Å². The van der Waals surface area contributed by atoms with Crippen molar-refractivity contribution >= 4 is 16.3 Å². The van der Waals surface area contributed by atoms with Crippen molar-refractivity contribution in [2.45, 2.75) is 18.8 Å². The number of ether oxygens (including phenoxy) is 1. The fourth-order valence-electron chi connectivity index (χ4n) is 3.14. The molecule has 0 unspecified atom stereocenters. The minimum absolute atomic E-state index is 0.434. The standard InChI is InChI=1S/C18H21N5OS/c1-3-11-24-15-6-4-5-14(12-15)17-21-23-16(19-20-18(23)25-17)13-7-9-22(2)10-8-13/h3-6,12-13H,1,7-11H2,2H3. The average Bonchev–Trinajstić information content (AvgIpc) is 3.22. The highest BCUT2D eigenvalue weighted by Gasteiger charge is 2.24. The molecular formula is C18H21N5OS. The van der Waals surface area contributed by atoms with Crippen LogP contribution in [-0.2, 0) is 0 Å². The zero-order valence-corrected chi connectivity index (χ0v) is 15.1. The van der Waals surface area contributed by atoms with E-state index in [-0.39, 0.29) is 0 Å². The molecule has 1 aromatic carbocycles. The molecule has 2 aromatic heterocycles. The molecule has 25 heavy (non-hydrogen) atoms. The first-order valence-corrected chi connectivity index (χ1v) is 9.31. The van der Waals surface area contributed by atoms with Gasteiger partial charge in [0.15, 0.2) is 5.82 Å². The van der Waals surface area contributed by atoms with E-state index in [4.69, 9.17) is 9.84 Å². The maximum absolute atomic E-state index is 5.62. The van der Waals surface area contributed by atoms with Gasteiger partial charge in [-0.15, -0.1) is 10.2 Å². The van der Waals surface area contributed by atoms with Crippen LogP contribution in [0.2, 0.25) is 0 Å². The highest BCUT2D eigenvalue weighted by Crippen LogP contribution is 2.31. The van der Waals surface area contributed by atoms with Crippen molar-refractivity contribution in [2.75, 3.05) is 26.7 Å². The van der Waals surface area contributed by atoms with Crippen LogP contribution in [0.5, 0.6) is 5.75 Å². The predicted octanol–water partition coefficient (Wildman–Crippen LogP) is 3.23. The molecular weight excluding hydrogens is 334 g/mol. The van der Waals surface area contributed by atoms with E-state index < -0.39 is 0 Å². The summed E-state index contributed by atoms with van der Waals surface area (Å²) in [6.07, 6.45) is 3.95. The Kier molecular flexibility index (Phi) is 4.50. The molecule has 3 heterocycles. The van der Waals surface area contributed by atoms with Crippen LogP contribution in [0.25, 0.3) is 15.5 Å². The van der Waals surface area contributed by atoms with Gasteiger partial charge in [0.25, 0.3) is 0 Å². The van der Waals surface area contributed by atoms with Gasteiger partial charge in [0.2, 0.25) is 4.96 Å². The lowest BCUT2D eigenvalue weighted by atomic mass is 9.96. The van der Waals surface area contributed by atoms with Crippen molar-refractivity contribution < 1.29 is 4.74 Å².